The molecule has 1 heterocycles. The van der Waals surface area contributed by atoms with Crippen LogP contribution < -0.4 is 4.72 Å². The van der Waals surface area contributed by atoms with E-state index in [1.807, 2.05) is 30.3 Å². The van der Waals surface area contributed by atoms with Gasteiger partial charge in [-0.3, -0.25) is 9.82 Å². The van der Waals surface area contributed by atoms with Crippen molar-refractivity contribution in [3.8, 4) is 11.4 Å². The van der Waals surface area contributed by atoms with Crippen molar-refractivity contribution in [2.45, 2.75) is 0 Å². The molecule has 1 aromatic carbocycles. The first kappa shape index (κ1) is 8.12. The van der Waals surface area contributed by atoms with Crippen LogP contribution in [0.1, 0.15) is 0 Å². The van der Waals surface area contributed by atoms with Crippen LogP contribution in [-0.4, -0.2) is 15.2 Å². The maximum Gasteiger partial charge on any atom is 0.252 e. The average molecular weight is 192 g/mol. The fraction of sp³-hybridized carbons (Fsp3) is 0. The molecular weight excluding hydrogens is 184 g/mol. The predicted octanol–water partition coefficient (Wildman–Crippen LogP) is 1.73. The molecule has 0 radical (unpaired) electrons. The Labute approximate surface area is 80.9 Å². The normalized spacial score (nSPS) is 9.92. The molecule has 2 rings (SSSR count). The highest BCUT2D eigenvalue weighted by molar-refractivity contribution is 7.81. The van der Waals surface area contributed by atoms with E-state index in [1.54, 1.807) is 0 Å². The fourth-order valence-electron chi connectivity index (χ4n) is 1.04. The molecule has 0 unspecified atom stereocenters. The minimum atomic E-state index is 0.474. The minimum absolute atomic E-state index is 0.474. The number of nitrogens with one attached hydrogen (secondary N) is 2. The van der Waals surface area contributed by atoms with Crippen LogP contribution in [0.4, 0.5) is 5.95 Å². The molecule has 66 valence electrons. The minimum Gasteiger partial charge on any atom is -0.300 e. The third-order valence-electron chi connectivity index (χ3n) is 1.63. The van der Waals surface area contributed by atoms with Crippen LogP contribution in [0.5, 0.6) is 0 Å². The Hall–Kier alpha value is -1.49. The maximum atomic E-state index is 4.14. The van der Waals surface area contributed by atoms with Gasteiger partial charge in [-0.25, -0.2) is 0 Å². The highest BCUT2D eigenvalue weighted by Crippen LogP contribution is 2.14. The van der Waals surface area contributed by atoms with Crippen molar-refractivity contribution in [1.82, 2.24) is 15.2 Å². The molecule has 0 amide bonds. The van der Waals surface area contributed by atoms with Crippen molar-refractivity contribution >= 4 is 18.8 Å². The second kappa shape index (κ2) is 3.49. The van der Waals surface area contributed by atoms with Crippen LogP contribution in [0, 0.1) is 0 Å². The Morgan fingerprint density at radius 3 is 2.62 bits per heavy atom. The molecule has 0 aliphatic heterocycles. The number of aromatic nitrogens is 3. The summed E-state index contributed by atoms with van der Waals surface area (Å²) in [6.07, 6.45) is 0. The van der Waals surface area contributed by atoms with Crippen molar-refractivity contribution in [2.75, 3.05) is 4.72 Å². The quantitative estimate of drug-likeness (QED) is 0.635. The van der Waals surface area contributed by atoms with Gasteiger partial charge in [0.05, 0.1) is 0 Å². The standard InChI is InChI=1S/C8H8N4S/c13-12-8-9-7(10-11-8)6-4-2-1-3-5-6/h1-5,13H,(H2,9,10,11,12). The van der Waals surface area contributed by atoms with Gasteiger partial charge in [-0.05, 0) is 0 Å². The first-order chi connectivity index (χ1) is 6.40. The van der Waals surface area contributed by atoms with Crippen LogP contribution >= 0.6 is 12.8 Å². The molecule has 4 nitrogen and oxygen atoms in total. The highest BCUT2D eigenvalue weighted by Gasteiger charge is 2.02. The Bertz CT molecular complexity index is 384. The van der Waals surface area contributed by atoms with Crippen LogP contribution in [0.2, 0.25) is 0 Å². The number of thiol groups is 1. The topological polar surface area (TPSA) is 53.6 Å². The first-order valence-corrected chi connectivity index (χ1v) is 4.23. The van der Waals surface area contributed by atoms with E-state index >= 15 is 0 Å². The lowest BCUT2D eigenvalue weighted by atomic mass is 10.2. The molecule has 0 saturated heterocycles. The molecule has 0 atom stereocenters. The van der Waals surface area contributed by atoms with E-state index < -0.39 is 0 Å². The van der Waals surface area contributed by atoms with Gasteiger partial charge in [-0.1, -0.05) is 43.1 Å². The molecule has 1 aromatic heterocycles. The Balaban J connectivity index is 2.36. The number of rotatable bonds is 2. The number of aromatic amines is 1. The molecule has 5 heteroatoms. The monoisotopic (exact) mass is 192 g/mol. The van der Waals surface area contributed by atoms with Crippen LogP contribution in [-0.2, 0) is 0 Å². The number of benzene rings is 1. The molecule has 13 heavy (non-hydrogen) atoms. The summed E-state index contributed by atoms with van der Waals surface area (Å²) in [5, 5.41) is 6.69. The van der Waals surface area contributed by atoms with Gasteiger partial charge in [0.25, 0.3) is 5.95 Å². The summed E-state index contributed by atoms with van der Waals surface area (Å²) in [4.78, 5) is 4.14. The van der Waals surface area contributed by atoms with Crippen molar-refractivity contribution in [2.24, 2.45) is 0 Å². The number of hydrogen-bond donors (Lipinski definition) is 3. The summed E-state index contributed by atoms with van der Waals surface area (Å²) in [6, 6.07) is 9.78. The number of nitrogens with zero attached hydrogens (tertiary/aromatic N) is 2. The lowest BCUT2D eigenvalue weighted by molar-refractivity contribution is 1.10. The molecule has 2 N–H and O–H groups in total. The summed E-state index contributed by atoms with van der Waals surface area (Å²) in [5.74, 6) is 1.21. The predicted molar refractivity (Wildman–Crippen MR) is 54.4 cm³/mol. The van der Waals surface area contributed by atoms with Gasteiger partial charge in [0, 0.05) is 5.56 Å². The summed E-state index contributed by atoms with van der Waals surface area (Å²) in [6.45, 7) is 0. The molecule has 0 aliphatic carbocycles. The van der Waals surface area contributed by atoms with E-state index in [-0.39, 0.29) is 0 Å². The molecular formula is C8H8N4S. The van der Waals surface area contributed by atoms with Crippen molar-refractivity contribution in [3.63, 3.8) is 0 Å². The molecule has 0 fully saturated rings. The average Bonchev–Trinajstić information content (AvgIpc) is 2.67. The van der Waals surface area contributed by atoms with Crippen LogP contribution in [0.25, 0.3) is 11.4 Å². The van der Waals surface area contributed by atoms with Crippen molar-refractivity contribution in [1.29, 1.82) is 0 Å². The summed E-state index contributed by atoms with van der Waals surface area (Å²) in [7, 11) is 0. The smallest absolute Gasteiger partial charge is 0.252 e. The Kier molecular flexibility index (Phi) is 2.18. The van der Waals surface area contributed by atoms with Gasteiger partial charge in [0.1, 0.15) is 0 Å². The highest BCUT2D eigenvalue weighted by atomic mass is 32.1. The number of H-pyrrole nitrogens is 1. The molecule has 0 bridgehead atoms. The zero-order valence-electron chi connectivity index (χ0n) is 6.73. The van der Waals surface area contributed by atoms with Crippen molar-refractivity contribution in [3.05, 3.63) is 30.3 Å². The Morgan fingerprint density at radius 2 is 2.00 bits per heavy atom. The summed E-state index contributed by atoms with van der Waals surface area (Å²) < 4.78 is 2.56. The SMILES string of the molecule is SNc1n[nH]c(-c2ccccc2)n1. The third-order valence-corrected chi connectivity index (χ3v) is 1.83. The fourth-order valence-corrected chi connectivity index (χ4v) is 1.14. The third kappa shape index (κ3) is 1.65. The lowest BCUT2D eigenvalue weighted by Crippen LogP contribution is -1.81. The zero-order valence-corrected chi connectivity index (χ0v) is 7.62. The van der Waals surface area contributed by atoms with E-state index in [0.717, 1.165) is 11.4 Å². The van der Waals surface area contributed by atoms with Crippen molar-refractivity contribution < 1.29 is 0 Å². The first-order valence-electron chi connectivity index (χ1n) is 3.78. The summed E-state index contributed by atoms with van der Waals surface area (Å²) >= 11 is 3.84. The number of anilines is 1. The van der Waals surface area contributed by atoms with Gasteiger partial charge in [0.15, 0.2) is 5.82 Å². The van der Waals surface area contributed by atoms with Gasteiger partial charge in [-0.2, -0.15) is 4.98 Å². The van der Waals surface area contributed by atoms with Crippen LogP contribution in [0.15, 0.2) is 30.3 Å². The van der Waals surface area contributed by atoms with E-state index in [2.05, 4.69) is 32.7 Å². The van der Waals surface area contributed by atoms with Gasteiger partial charge in [-0.15, -0.1) is 5.10 Å². The van der Waals surface area contributed by atoms with E-state index in [4.69, 9.17) is 0 Å². The van der Waals surface area contributed by atoms with Crippen LogP contribution in [0.3, 0.4) is 0 Å². The van der Waals surface area contributed by atoms with Gasteiger partial charge >= 0.3 is 0 Å². The van der Waals surface area contributed by atoms with E-state index in [9.17, 15) is 0 Å². The molecule has 0 saturated carbocycles. The lowest BCUT2D eigenvalue weighted by Gasteiger charge is -1.92. The largest absolute Gasteiger partial charge is 0.300 e. The van der Waals surface area contributed by atoms with Gasteiger partial charge < -0.3 is 0 Å². The molecule has 0 aliphatic rings. The molecule has 2 aromatic rings. The molecule has 0 spiro atoms. The second-order valence-corrected chi connectivity index (χ2v) is 2.71. The maximum absolute atomic E-state index is 4.14. The second-order valence-electron chi connectivity index (χ2n) is 2.49. The van der Waals surface area contributed by atoms with E-state index in [1.165, 1.54) is 0 Å². The van der Waals surface area contributed by atoms with E-state index in [0.29, 0.717) is 5.95 Å². The Morgan fingerprint density at radius 1 is 1.23 bits per heavy atom. The van der Waals surface area contributed by atoms with Gasteiger partial charge in [0.2, 0.25) is 0 Å². The zero-order chi connectivity index (χ0) is 9.10. The number of hydrogen-bond acceptors (Lipinski definition) is 4. The summed E-state index contributed by atoms with van der Waals surface area (Å²) in [5.41, 5.74) is 1.00.